The summed E-state index contributed by atoms with van der Waals surface area (Å²) in [6.07, 6.45) is 6.79. The first-order valence-electron chi connectivity index (χ1n) is 6.44. The van der Waals surface area contributed by atoms with Crippen LogP contribution in [0.3, 0.4) is 0 Å². The summed E-state index contributed by atoms with van der Waals surface area (Å²) in [6.45, 7) is 1.13. The van der Waals surface area contributed by atoms with Gasteiger partial charge in [-0.25, -0.2) is 0 Å². The molecule has 3 rings (SSSR count). The molecule has 0 saturated carbocycles. The van der Waals surface area contributed by atoms with Gasteiger partial charge in [0.25, 0.3) is 5.91 Å². The van der Waals surface area contributed by atoms with E-state index in [9.17, 15) is 4.79 Å². The minimum Gasteiger partial charge on any atom is -0.349 e. The number of nitrogens with one attached hydrogen (secondary N) is 1. The Bertz CT molecular complexity index is 708. The van der Waals surface area contributed by atoms with Gasteiger partial charge in [-0.1, -0.05) is 6.07 Å². The molecule has 0 atom stereocenters. The summed E-state index contributed by atoms with van der Waals surface area (Å²) in [4.78, 5) is 20.7. The third-order valence-corrected chi connectivity index (χ3v) is 3.71. The maximum absolute atomic E-state index is 11.8. The van der Waals surface area contributed by atoms with Gasteiger partial charge in [0.05, 0.1) is 17.6 Å². The SMILES string of the molecule is O=C(NCCn1ccc(-c2cnccn2)n1)c1cccs1. The summed E-state index contributed by atoms with van der Waals surface area (Å²) in [5, 5.41) is 9.16. The Labute approximate surface area is 125 Å². The lowest BCUT2D eigenvalue weighted by Crippen LogP contribution is -2.26. The summed E-state index contributed by atoms with van der Waals surface area (Å²) in [7, 11) is 0. The lowest BCUT2D eigenvalue weighted by Gasteiger charge is -2.03. The molecule has 7 heteroatoms. The summed E-state index contributed by atoms with van der Waals surface area (Å²) < 4.78 is 1.78. The van der Waals surface area contributed by atoms with Gasteiger partial charge in [-0.15, -0.1) is 11.3 Å². The van der Waals surface area contributed by atoms with Crippen LogP contribution in [0.1, 0.15) is 9.67 Å². The Morgan fingerprint density at radius 2 is 2.24 bits per heavy atom. The van der Waals surface area contributed by atoms with E-state index in [1.807, 2.05) is 23.7 Å². The van der Waals surface area contributed by atoms with Gasteiger partial charge < -0.3 is 5.32 Å². The largest absolute Gasteiger partial charge is 0.349 e. The van der Waals surface area contributed by atoms with Crippen molar-refractivity contribution in [3.8, 4) is 11.4 Å². The minimum atomic E-state index is -0.0497. The van der Waals surface area contributed by atoms with Crippen molar-refractivity contribution in [3.05, 3.63) is 53.2 Å². The van der Waals surface area contributed by atoms with Crippen LogP contribution < -0.4 is 5.32 Å². The molecule has 0 bridgehead atoms. The predicted molar refractivity (Wildman–Crippen MR) is 79.9 cm³/mol. The first-order valence-corrected chi connectivity index (χ1v) is 7.32. The monoisotopic (exact) mass is 299 g/mol. The molecule has 6 nitrogen and oxygen atoms in total. The molecule has 0 aromatic carbocycles. The summed E-state index contributed by atoms with van der Waals surface area (Å²) in [6, 6.07) is 5.55. The van der Waals surface area contributed by atoms with Gasteiger partial charge in [0.15, 0.2) is 0 Å². The van der Waals surface area contributed by atoms with E-state index in [0.29, 0.717) is 13.1 Å². The third kappa shape index (κ3) is 3.32. The average Bonchev–Trinajstić information content (AvgIpc) is 3.20. The normalized spacial score (nSPS) is 10.5. The van der Waals surface area contributed by atoms with Crippen LogP contribution in [0, 0.1) is 0 Å². The second-order valence-electron chi connectivity index (χ2n) is 4.29. The highest BCUT2D eigenvalue weighted by molar-refractivity contribution is 7.12. The quantitative estimate of drug-likeness (QED) is 0.780. The van der Waals surface area contributed by atoms with Crippen LogP contribution in [-0.2, 0) is 6.54 Å². The van der Waals surface area contributed by atoms with Crippen molar-refractivity contribution >= 4 is 17.2 Å². The lowest BCUT2D eigenvalue weighted by atomic mass is 10.3. The second-order valence-corrected chi connectivity index (χ2v) is 5.24. The summed E-state index contributed by atoms with van der Waals surface area (Å²) >= 11 is 1.43. The standard InChI is InChI=1S/C14H13N5OS/c20-14(13-2-1-9-21-13)17-6-8-19-7-3-11(18-19)12-10-15-4-5-16-12/h1-5,7,9-10H,6,8H2,(H,17,20). The molecule has 106 valence electrons. The van der Waals surface area contributed by atoms with E-state index in [-0.39, 0.29) is 5.91 Å². The van der Waals surface area contributed by atoms with E-state index in [2.05, 4.69) is 20.4 Å². The molecule has 0 fully saturated rings. The fourth-order valence-corrected chi connectivity index (χ4v) is 2.47. The highest BCUT2D eigenvalue weighted by Crippen LogP contribution is 2.11. The highest BCUT2D eigenvalue weighted by atomic mass is 32.1. The number of hydrogen-bond acceptors (Lipinski definition) is 5. The van der Waals surface area contributed by atoms with Gasteiger partial charge in [0, 0.05) is 25.1 Å². The van der Waals surface area contributed by atoms with Crippen LogP contribution in [0.5, 0.6) is 0 Å². The fraction of sp³-hybridized carbons (Fsp3) is 0.143. The maximum atomic E-state index is 11.8. The van der Waals surface area contributed by atoms with Gasteiger partial charge in [-0.2, -0.15) is 5.10 Å². The number of amides is 1. The Morgan fingerprint density at radius 1 is 1.29 bits per heavy atom. The topological polar surface area (TPSA) is 72.7 Å². The number of aromatic nitrogens is 4. The van der Waals surface area contributed by atoms with Crippen LogP contribution in [0.4, 0.5) is 0 Å². The van der Waals surface area contributed by atoms with Crippen molar-refractivity contribution in [3.63, 3.8) is 0 Å². The molecule has 0 aliphatic heterocycles. The number of thiophene rings is 1. The summed E-state index contributed by atoms with van der Waals surface area (Å²) in [5.41, 5.74) is 1.51. The molecule has 3 heterocycles. The fourth-order valence-electron chi connectivity index (χ4n) is 1.83. The van der Waals surface area contributed by atoms with E-state index in [4.69, 9.17) is 0 Å². The number of carbonyl (C=O) groups is 1. The molecule has 0 unspecified atom stereocenters. The second kappa shape index (κ2) is 6.27. The zero-order valence-corrected chi connectivity index (χ0v) is 12.0. The number of nitrogens with zero attached hydrogens (tertiary/aromatic N) is 4. The molecular formula is C14H13N5OS. The molecule has 0 radical (unpaired) electrons. The highest BCUT2D eigenvalue weighted by Gasteiger charge is 2.06. The number of hydrogen-bond donors (Lipinski definition) is 1. The van der Waals surface area contributed by atoms with Crippen molar-refractivity contribution < 1.29 is 4.79 Å². The smallest absolute Gasteiger partial charge is 0.261 e. The zero-order valence-electron chi connectivity index (χ0n) is 11.1. The first-order chi connectivity index (χ1) is 10.3. The zero-order chi connectivity index (χ0) is 14.5. The first kappa shape index (κ1) is 13.4. The Kier molecular flexibility index (Phi) is 4.02. The Balaban J connectivity index is 1.55. The molecule has 3 aromatic heterocycles. The maximum Gasteiger partial charge on any atom is 0.261 e. The van der Waals surface area contributed by atoms with Gasteiger partial charge in [0.1, 0.15) is 11.4 Å². The molecule has 21 heavy (non-hydrogen) atoms. The average molecular weight is 299 g/mol. The van der Waals surface area contributed by atoms with E-state index in [1.54, 1.807) is 29.3 Å². The molecule has 1 amide bonds. The van der Waals surface area contributed by atoms with Crippen molar-refractivity contribution in [1.29, 1.82) is 0 Å². The Morgan fingerprint density at radius 3 is 3.00 bits per heavy atom. The number of carbonyl (C=O) groups excluding carboxylic acids is 1. The van der Waals surface area contributed by atoms with Gasteiger partial charge in [0.2, 0.25) is 0 Å². The van der Waals surface area contributed by atoms with Crippen LogP contribution in [0.25, 0.3) is 11.4 Å². The third-order valence-electron chi connectivity index (χ3n) is 2.84. The predicted octanol–water partition coefficient (Wildman–Crippen LogP) is 1.83. The summed E-state index contributed by atoms with van der Waals surface area (Å²) in [5.74, 6) is -0.0497. The van der Waals surface area contributed by atoms with E-state index >= 15 is 0 Å². The number of rotatable bonds is 5. The molecule has 3 aromatic rings. The van der Waals surface area contributed by atoms with Crippen molar-refractivity contribution in [2.45, 2.75) is 6.54 Å². The van der Waals surface area contributed by atoms with E-state index < -0.39 is 0 Å². The van der Waals surface area contributed by atoms with E-state index in [0.717, 1.165) is 16.3 Å². The van der Waals surface area contributed by atoms with Gasteiger partial charge >= 0.3 is 0 Å². The van der Waals surface area contributed by atoms with Crippen molar-refractivity contribution in [2.24, 2.45) is 0 Å². The molecule has 0 saturated heterocycles. The van der Waals surface area contributed by atoms with Crippen molar-refractivity contribution in [2.75, 3.05) is 6.54 Å². The molecule has 0 aliphatic carbocycles. The molecule has 0 spiro atoms. The minimum absolute atomic E-state index is 0.0497. The van der Waals surface area contributed by atoms with Crippen molar-refractivity contribution in [1.82, 2.24) is 25.1 Å². The van der Waals surface area contributed by atoms with Gasteiger partial charge in [-0.3, -0.25) is 19.4 Å². The van der Waals surface area contributed by atoms with Crippen LogP contribution in [0.15, 0.2) is 48.4 Å². The molecule has 1 N–H and O–H groups in total. The van der Waals surface area contributed by atoms with Crippen LogP contribution in [0.2, 0.25) is 0 Å². The van der Waals surface area contributed by atoms with Crippen LogP contribution in [-0.4, -0.2) is 32.2 Å². The van der Waals surface area contributed by atoms with Gasteiger partial charge in [-0.05, 0) is 17.5 Å². The van der Waals surface area contributed by atoms with Crippen LogP contribution >= 0.6 is 11.3 Å². The lowest BCUT2D eigenvalue weighted by molar-refractivity contribution is 0.0956. The molecular weight excluding hydrogens is 286 g/mol. The Hall–Kier alpha value is -2.54. The van der Waals surface area contributed by atoms with E-state index in [1.165, 1.54) is 11.3 Å². The molecule has 0 aliphatic rings.